The maximum absolute atomic E-state index is 11.7. The minimum absolute atomic E-state index is 0.0154. The van der Waals surface area contributed by atoms with E-state index >= 15 is 0 Å². The number of sulfone groups is 1. The van der Waals surface area contributed by atoms with E-state index in [-0.39, 0.29) is 22.3 Å². The average molecular weight is 253 g/mol. The smallest absolute Gasteiger partial charge is 0.220 e. The summed E-state index contributed by atoms with van der Waals surface area (Å²) in [5.41, 5.74) is 0. The van der Waals surface area contributed by atoms with Crippen LogP contribution in [0.3, 0.4) is 0 Å². The highest BCUT2D eigenvalue weighted by atomic mass is 32.2. The molecule has 0 aliphatic carbocycles. The molecule has 1 heterocycles. The molecule has 2 rings (SSSR count). The molecule has 90 valence electrons. The van der Waals surface area contributed by atoms with Gasteiger partial charge in [0.05, 0.1) is 4.91 Å². The zero-order valence-corrected chi connectivity index (χ0v) is 9.94. The van der Waals surface area contributed by atoms with Crippen molar-refractivity contribution in [2.24, 2.45) is 4.99 Å². The van der Waals surface area contributed by atoms with Crippen molar-refractivity contribution >= 4 is 14.9 Å². The zero-order chi connectivity index (χ0) is 12.5. The topological polar surface area (TPSA) is 76.0 Å². The van der Waals surface area contributed by atoms with Crippen LogP contribution < -0.4 is 4.74 Å². The zero-order valence-electron chi connectivity index (χ0n) is 9.12. The van der Waals surface area contributed by atoms with E-state index in [1.54, 1.807) is 12.1 Å². The van der Waals surface area contributed by atoms with Crippen molar-refractivity contribution in [3.63, 3.8) is 0 Å². The number of benzene rings is 1. The highest BCUT2D eigenvalue weighted by Gasteiger charge is 2.26. The van der Waals surface area contributed by atoms with Crippen LogP contribution in [0.25, 0.3) is 0 Å². The number of rotatable bonds is 3. The predicted molar refractivity (Wildman–Crippen MR) is 63.7 cm³/mol. The van der Waals surface area contributed by atoms with Crippen molar-refractivity contribution in [2.75, 3.05) is 6.61 Å². The average Bonchev–Trinajstić information content (AvgIpc) is 2.52. The molecule has 0 spiro atoms. The second kappa shape index (κ2) is 4.21. The van der Waals surface area contributed by atoms with Gasteiger partial charge in [-0.15, -0.1) is 0 Å². The second-order valence-corrected chi connectivity index (χ2v) is 5.67. The number of aliphatic imine (C=N–C) groups is 1. The van der Waals surface area contributed by atoms with Crippen LogP contribution in [0.1, 0.15) is 6.92 Å². The van der Waals surface area contributed by atoms with E-state index in [1.807, 2.05) is 0 Å². The van der Waals surface area contributed by atoms with Gasteiger partial charge in [-0.05, 0) is 19.1 Å². The molecule has 1 aromatic rings. The van der Waals surface area contributed by atoms with Gasteiger partial charge in [-0.25, -0.2) is 13.4 Å². The number of phenols is 1. The molecule has 1 N–H and O–H groups in total. The highest BCUT2D eigenvalue weighted by molar-refractivity contribution is 8.10. The lowest BCUT2D eigenvalue weighted by molar-refractivity contribution is 0.374. The third-order valence-corrected chi connectivity index (χ3v) is 4.10. The summed E-state index contributed by atoms with van der Waals surface area (Å²) in [5.74, 6) is 0.459. The van der Waals surface area contributed by atoms with Gasteiger partial charge in [0.25, 0.3) is 0 Å². The summed E-state index contributed by atoms with van der Waals surface area (Å²) in [7, 11) is -3.42. The van der Waals surface area contributed by atoms with Crippen LogP contribution in [-0.2, 0) is 9.84 Å². The Kier molecular flexibility index (Phi) is 2.89. The van der Waals surface area contributed by atoms with E-state index in [9.17, 15) is 13.5 Å². The van der Waals surface area contributed by atoms with Gasteiger partial charge < -0.3 is 9.84 Å². The van der Waals surface area contributed by atoms with Gasteiger partial charge in [0.1, 0.15) is 18.1 Å². The summed E-state index contributed by atoms with van der Waals surface area (Å²) >= 11 is 0. The van der Waals surface area contributed by atoms with Gasteiger partial charge >= 0.3 is 0 Å². The van der Waals surface area contributed by atoms with Crippen LogP contribution in [0.15, 0.2) is 40.4 Å². The Balaban J connectivity index is 2.07. The third-order valence-electron chi connectivity index (χ3n) is 2.30. The largest absolute Gasteiger partial charge is 0.508 e. The number of allylic oxidation sites excluding steroid dienone is 1. The number of hydrogen-bond acceptors (Lipinski definition) is 5. The van der Waals surface area contributed by atoms with Crippen LogP contribution in [0.4, 0.5) is 0 Å². The molecule has 0 atom stereocenters. The summed E-state index contributed by atoms with van der Waals surface area (Å²) in [4.78, 5) is 4.00. The lowest BCUT2D eigenvalue weighted by atomic mass is 10.3. The fraction of sp³-hybridized carbons (Fsp3) is 0.182. The Morgan fingerprint density at radius 3 is 2.76 bits per heavy atom. The molecule has 1 aliphatic heterocycles. The van der Waals surface area contributed by atoms with Gasteiger partial charge in [0.2, 0.25) is 9.84 Å². The normalized spacial score (nSPS) is 17.5. The molecule has 0 radical (unpaired) electrons. The number of hydrogen-bond donors (Lipinski definition) is 1. The minimum Gasteiger partial charge on any atom is -0.508 e. The Labute approximate surface area is 99.0 Å². The van der Waals surface area contributed by atoms with E-state index in [2.05, 4.69) is 4.99 Å². The molecule has 6 heteroatoms. The van der Waals surface area contributed by atoms with Crippen molar-refractivity contribution < 1.29 is 18.3 Å². The molecule has 17 heavy (non-hydrogen) atoms. The van der Waals surface area contributed by atoms with Crippen molar-refractivity contribution in [1.82, 2.24) is 0 Å². The van der Waals surface area contributed by atoms with Crippen LogP contribution in [0.2, 0.25) is 0 Å². The first kappa shape index (κ1) is 11.7. The van der Waals surface area contributed by atoms with Gasteiger partial charge in [-0.3, -0.25) is 0 Å². The molecule has 0 amide bonds. The molecular formula is C11H11NO4S. The first-order chi connectivity index (χ1) is 8.00. The second-order valence-electron chi connectivity index (χ2n) is 3.55. The Hall–Kier alpha value is -1.82. The van der Waals surface area contributed by atoms with Crippen molar-refractivity contribution in [2.45, 2.75) is 6.92 Å². The van der Waals surface area contributed by atoms with E-state index < -0.39 is 9.84 Å². The monoisotopic (exact) mass is 253 g/mol. The molecule has 0 saturated heterocycles. The Bertz CT molecular complexity index is 602. The maximum atomic E-state index is 11.7. The summed E-state index contributed by atoms with van der Waals surface area (Å²) in [6, 6.07) is 6.14. The fourth-order valence-electron chi connectivity index (χ4n) is 1.32. The first-order valence-electron chi connectivity index (χ1n) is 4.90. The van der Waals surface area contributed by atoms with Crippen molar-refractivity contribution in [3.05, 3.63) is 35.4 Å². The van der Waals surface area contributed by atoms with Gasteiger partial charge in [0, 0.05) is 12.3 Å². The minimum atomic E-state index is -3.42. The maximum Gasteiger partial charge on any atom is 0.220 e. The number of aromatic hydroxyl groups is 1. The van der Waals surface area contributed by atoms with E-state index in [1.165, 1.54) is 25.3 Å². The van der Waals surface area contributed by atoms with Crippen LogP contribution in [-0.4, -0.2) is 25.2 Å². The molecule has 0 saturated carbocycles. The lowest BCUT2D eigenvalue weighted by Gasteiger charge is -2.06. The summed E-state index contributed by atoms with van der Waals surface area (Å²) in [5, 5.41) is 9.20. The van der Waals surface area contributed by atoms with E-state index in [4.69, 9.17) is 4.74 Å². The van der Waals surface area contributed by atoms with Crippen molar-refractivity contribution in [1.29, 1.82) is 0 Å². The van der Waals surface area contributed by atoms with Crippen LogP contribution in [0, 0.1) is 0 Å². The SMILES string of the molecule is CC1=CN=C(COc2cccc(O)c2)S1(=O)=O. The van der Waals surface area contributed by atoms with Gasteiger partial charge in [0.15, 0.2) is 5.04 Å². The van der Waals surface area contributed by atoms with Gasteiger partial charge in [-0.1, -0.05) is 6.07 Å². The quantitative estimate of drug-likeness (QED) is 0.884. The number of ether oxygens (including phenoxy) is 1. The summed E-state index contributed by atoms with van der Waals surface area (Å²) in [6.45, 7) is 1.35. The molecule has 0 unspecified atom stereocenters. The number of nitrogens with zero attached hydrogens (tertiary/aromatic N) is 1. The Morgan fingerprint density at radius 1 is 1.41 bits per heavy atom. The molecule has 1 aliphatic rings. The van der Waals surface area contributed by atoms with E-state index in [0.717, 1.165) is 0 Å². The third kappa shape index (κ3) is 2.31. The number of phenolic OH excluding ortho intramolecular Hbond substituents is 1. The predicted octanol–water partition coefficient (Wildman–Crippen LogP) is 1.46. The molecule has 5 nitrogen and oxygen atoms in total. The molecule has 1 aromatic carbocycles. The van der Waals surface area contributed by atoms with Crippen LogP contribution >= 0.6 is 0 Å². The van der Waals surface area contributed by atoms with Crippen molar-refractivity contribution in [3.8, 4) is 11.5 Å². The molecule has 0 aromatic heterocycles. The Morgan fingerprint density at radius 2 is 2.18 bits per heavy atom. The first-order valence-corrected chi connectivity index (χ1v) is 6.39. The molecule has 0 bridgehead atoms. The highest BCUT2D eigenvalue weighted by Crippen LogP contribution is 2.20. The van der Waals surface area contributed by atoms with E-state index in [0.29, 0.717) is 5.75 Å². The van der Waals surface area contributed by atoms with Crippen LogP contribution in [0.5, 0.6) is 11.5 Å². The standard InChI is InChI=1S/C11H11NO4S/c1-8-6-12-11(17(8,14)15)7-16-10-4-2-3-9(13)5-10/h2-6,13H,7H2,1H3. The molecular weight excluding hydrogens is 242 g/mol. The summed E-state index contributed by atoms with van der Waals surface area (Å²) < 4.78 is 28.6. The lowest BCUT2D eigenvalue weighted by Crippen LogP contribution is -2.19. The fourth-order valence-corrected chi connectivity index (χ4v) is 2.29. The van der Waals surface area contributed by atoms with Gasteiger partial charge in [-0.2, -0.15) is 0 Å². The summed E-state index contributed by atoms with van der Waals surface area (Å²) in [6.07, 6.45) is 1.30. The molecule has 0 fully saturated rings.